The molecule has 4 nitrogen and oxygen atoms in total. The van der Waals surface area contributed by atoms with E-state index in [9.17, 15) is 0 Å². The van der Waals surface area contributed by atoms with E-state index < -0.39 is 0 Å². The molecule has 2 aromatic rings. The Labute approximate surface area is 57.1 Å². The molecule has 0 bridgehead atoms. The van der Waals surface area contributed by atoms with Gasteiger partial charge in [-0.3, -0.25) is 0 Å². The van der Waals surface area contributed by atoms with Gasteiger partial charge in [-0.1, -0.05) is 0 Å². The molecule has 0 atom stereocenters. The van der Waals surface area contributed by atoms with Gasteiger partial charge in [0.1, 0.15) is 5.82 Å². The average molecular weight is 134 g/mol. The van der Waals surface area contributed by atoms with Gasteiger partial charge in [0.05, 0.1) is 0 Å². The Hall–Kier alpha value is -1.58. The minimum absolute atomic E-state index is 0.451. The average Bonchev–Trinajstić information content (AvgIpc) is 2.33. The minimum Gasteiger partial charge on any atom is -0.382 e. The Bertz CT molecular complexity index is 351. The van der Waals surface area contributed by atoms with Crippen molar-refractivity contribution in [1.82, 2.24) is 15.2 Å². The van der Waals surface area contributed by atoms with Gasteiger partial charge in [-0.25, -0.2) is 0 Å². The highest BCUT2D eigenvalue weighted by atomic mass is 15.2. The number of H-pyrrole nitrogens is 1. The highest BCUT2D eigenvalue weighted by molar-refractivity contribution is 5.76. The van der Waals surface area contributed by atoms with Gasteiger partial charge in [0.2, 0.25) is 0 Å². The Balaban J connectivity index is 2.86. The van der Waals surface area contributed by atoms with Gasteiger partial charge in [0, 0.05) is 11.6 Å². The number of nitrogens with zero attached hydrogens (tertiary/aromatic N) is 2. The molecule has 10 heavy (non-hydrogen) atoms. The molecule has 0 aliphatic heterocycles. The number of aromatic amines is 1. The molecule has 0 unspecified atom stereocenters. The fraction of sp³-hybridized carbons (Fsp3) is 0. The van der Waals surface area contributed by atoms with Crippen molar-refractivity contribution in [3.05, 3.63) is 18.3 Å². The number of nitrogens with one attached hydrogen (secondary N) is 1. The summed E-state index contributed by atoms with van der Waals surface area (Å²) >= 11 is 0. The standard InChI is InChI=1S/C6H6N4/c7-5-3-4-1-2-8-6(4)10-9-5/h1-3H,(H2,7,9)(H,8,10). The maximum absolute atomic E-state index is 5.40. The fourth-order valence-electron chi connectivity index (χ4n) is 0.872. The number of hydrogen-bond acceptors (Lipinski definition) is 3. The van der Waals surface area contributed by atoms with E-state index >= 15 is 0 Å². The highest BCUT2D eigenvalue weighted by Crippen LogP contribution is 2.08. The first-order valence-corrected chi connectivity index (χ1v) is 2.92. The van der Waals surface area contributed by atoms with E-state index in [0.717, 1.165) is 11.0 Å². The van der Waals surface area contributed by atoms with E-state index in [4.69, 9.17) is 5.73 Å². The molecular formula is C6H6N4. The van der Waals surface area contributed by atoms with Gasteiger partial charge in [-0.2, -0.15) is 0 Å². The molecule has 0 spiro atoms. The monoisotopic (exact) mass is 134 g/mol. The van der Waals surface area contributed by atoms with Crippen LogP contribution < -0.4 is 5.73 Å². The lowest BCUT2D eigenvalue weighted by Crippen LogP contribution is -1.91. The fourth-order valence-corrected chi connectivity index (χ4v) is 0.872. The summed E-state index contributed by atoms with van der Waals surface area (Å²) in [6.45, 7) is 0. The first-order valence-electron chi connectivity index (χ1n) is 2.92. The predicted molar refractivity (Wildman–Crippen MR) is 38.3 cm³/mol. The van der Waals surface area contributed by atoms with Crippen LogP contribution in [0.5, 0.6) is 0 Å². The number of nitrogens with two attached hydrogens (primary N) is 1. The predicted octanol–water partition coefficient (Wildman–Crippen LogP) is 0.540. The number of fused-ring (bicyclic) bond motifs is 1. The quantitative estimate of drug-likeness (QED) is 0.552. The van der Waals surface area contributed by atoms with Crippen LogP contribution in [0, 0.1) is 0 Å². The maximum Gasteiger partial charge on any atom is 0.160 e. The van der Waals surface area contributed by atoms with E-state index in [-0.39, 0.29) is 0 Å². The molecule has 0 aliphatic rings. The summed E-state index contributed by atoms with van der Waals surface area (Å²) < 4.78 is 0. The Morgan fingerprint density at radius 1 is 1.40 bits per heavy atom. The summed E-state index contributed by atoms with van der Waals surface area (Å²) in [6, 6.07) is 3.68. The van der Waals surface area contributed by atoms with Crippen LogP contribution in [0.3, 0.4) is 0 Å². The third-order valence-electron chi connectivity index (χ3n) is 1.33. The van der Waals surface area contributed by atoms with Crippen LogP contribution in [0.25, 0.3) is 11.0 Å². The van der Waals surface area contributed by atoms with E-state index in [1.165, 1.54) is 0 Å². The zero-order valence-corrected chi connectivity index (χ0v) is 5.20. The van der Waals surface area contributed by atoms with Gasteiger partial charge in [-0.05, 0) is 12.1 Å². The largest absolute Gasteiger partial charge is 0.382 e. The molecule has 50 valence electrons. The zero-order valence-electron chi connectivity index (χ0n) is 5.20. The van der Waals surface area contributed by atoms with Crippen molar-refractivity contribution in [2.75, 3.05) is 5.73 Å². The van der Waals surface area contributed by atoms with E-state index in [0.29, 0.717) is 5.82 Å². The van der Waals surface area contributed by atoms with Gasteiger partial charge in [0.25, 0.3) is 0 Å². The second-order valence-electron chi connectivity index (χ2n) is 2.05. The number of rotatable bonds is 0. The SMILES string of the molecule is Nc1cc2cc[nH]c2nn1. The van der Waals surface area contributed by atoms with Crippen molar-refractivity contribution >= 4 is 16.9 Å². The van der Waals surface area contributed by atoms with Crippen molar-refractivity contribution < 1.29 is 0 Å². The lowest BCUT2D eigenvalue weighted by Gasteiger charge is -1.88. The zero-order chi connectivity index (χ0) is 6.97. The van der Waals surface area contributed by atoms with Gasteiger partial charge < -0.3 is 10.7 Å². The molecule has 0 saturated heterocycles. The van der Waals surface area contributed by atoms with Crippen LogP contribution in [0.4, 0.5) is 5.82 Å². The molecule has 0 aromatic carbocycles. The first kappa shape index (κ1) is 5.22. The number of aromatic nitrogens is 3. The third-order valence-corrected chi connectivity index (χ3v) is 1.33. The maximum atomic E-state index is 5.40. The summed E-state index contributed by atoms with van der Waals surface area (Å²) in [4.78, 5) is 2.92. The van der Waals surface area contributed by atoms with Crippen molar-refractivity contribution in [3.63, 3.8) is 0 Å². The van der Waals surface area contributed by atoms with Crippen molar-refractivity contribution in [3.8, 4) is 0 Å². The van der Waals surface area contributed by atoms with E-state index in [2.05, 4.69) is 15.2 Å². The van der Waals surface area contributed by atoms with Crippen LogP contribution in [0.2, 0.25) is 0 Å². The lowest BCUT2D eigenvalue weighted by atomic mass is 10.4. The molecule has 3 N–H and O–H groups in total. The van der Waals surface area contributed by atoms with Crippen molar-refractivity contribution in [1.29, 1.82) is 0 Å². The van der Waals surface area contributed by atoms with Gasteiger partial charge >= 0.3 is 0 Å². The summed E-state index contributed by atoms with van der Waals surface area (Å²) in [5.74, 6) is 0.451. The molecule has 4 heteroatoms. The normalized spacial score (nSPS) is 10.4. The van der Waals surface area contributed by atoms with Crippen molar-refractivity contribution in [2.45, 2.75) is 0 Å². The van der Waals surface area contributed by atoms with Crippen LogP contribution in [-0.2, 0) is 0 Å². The van der Waals surface area contributed by atoms with Crippen molar-refractivity contribution in [2.24, 2.45) is 0 Å². The number of hydrogen-bond donors (Lipinski definition) is 2. The third kappa shape index (κ3) is 0.621. The summed E-state index contributed by atoms with van der Waals surface area (Å²) in [6.07, 6.45) is 1.80. The van der Waals surface area contributed by atoms with E-state index in [1.54, 1.807) is 12.3 Å². The first-order chi connectivity index (χ1) is 4.86. The smallest absolute Gasteiger partial charge is 0.160 e. The van der Waals surface area contributed by atoms with Gasteiger partial charge in [0.15, 0.2) is 5.65 Å². The molecule has 2 heterocycles. The number of anilines is 1. The highest BCUT2D eigenvalue weighted by Gasteiger charge is 1.94. The summed E-state index contributed by atoms with van der Waals surface area (Å²) in [5.41, 5.74) is 6.17. The summed E-state index contributed by atoms with van der Waals surface area (Å²) in [7, 11) is 0. The topological polar surface area (TPSA) is 67.6 Å². The van der Waals surface area contributed by atoms with Gasteiger partial charge in [-0.15, -0.1) is 10.2 Å². The molecule has 0 aliphatic carbocycles. The molecule has 0 saturated carbocycles. The van der Waals surface area contributed by atoms with Crippen LogP contribution >= 0.6 is 0 Å². The van der Waals surface area contributed by atoms with Crippen LogP contribution in [-0.4, -0.2) is 15.2 Å². The molecule has 2 rings (SSSR count). The Morgan fingerprint density at radius 3 is 3.20 bits per heavy atom. The molecule has 2 aromatic heterocycles. The number of nitrogen functional groups attached to an aromatic ring is 1. The summed E-state index contributed by atoms with van der Waals surface area (Å²) in [5, 5.41) is 8.48. The molecule has 0 amide bonds. The second-order valence-corrected chi connectivity index (χ2v) is 2.05. The van der Waals surface area contributed by atoms with Crippen LogP contribution in [0.1, 0.15) is 0 Å². The second kappa shape index (κ2) is 1.70. The van der Waals surface area contributed by atoms with Crippen LogP contribution in [0.15, 0.2) is 18.3 Å². The van der Waals surface area contributed by atoms with E-state index in [1.807, 2.05) is 6.07 Å². The lowest BCUT2D eigenvalue weighted by molar-refractivity contribution is 1.07. The molecule has 0 radical (unpaired) electrons. The molecule has 0 fully saturated rings. The Morgan fingerprint density at radius 2 is 2.30 bits per heavy atom. The minimum atomic E-state index is 0.451. The molecular weight excluding hydrogens is 128 g/mol. The Kier molecular flexibility index (Phi) is 0.887.